The molecule has 0 aromatic heterocycles. The summed E-state index contributed by atoms with van der Waals surface area (Å²) in [6, 6.07) is 6.28. The second-order valence-corrected chi connectivity index (χ2v) is 4.11. The van der Waals surface area contributed by atoms with E-state index < -0.39 is 0 Å². The van der Waals surface area contributed by atoms with E-state index in [1.807, 2.05) is 12.1 Å². The number of ether oxygens (including phenoxy) is 1. The fourth-order valence-electron chi connectivity index (χ4n) is 1.63. The van der Waals surface area contributed by atoms with Crippen molar-refractivity contribution in [1.29, 1.82) is 0 Å². The molecule has 14 heavy (non-hydrogen) atoms. The molecule has 0 spiro atoms. The van der Waals surface area contributed by atoms with Gasteiger partial charge in [0.2, 0.25) is 0 Å². The molecule has 0 fully saturated rings. The highest BCUT2D eigenvalue weighted by atomic mass is 79.9. The van der Waals surface area contributed by atoms with Crippen LogP contribution in [0.1, 0.15) is 18.0 Å². The van der Waals surface area contributed by atoms with Gasteiger partial charge in [-0.1, -0.05) is 22.0 Å². The second kappa shape index (κ2) is 4.29. The summed E-state index contributed by atoms with van der Waals surface area (Å²) in [5.41, 5.74) is 4.12. The third-order valence-corrected chi connectivity index (χ3v) is 2.77. The topological polar surface area (TPSA) is 30.5 Å². The standard InChI is InChI=1S/C10H12BrNO2/c1-13-12-9-4-5-14-10-6-7(11)2-3-8(9)10/h2-3,6,9,12H,4-5H2,1H3. The Morgan fingerprint density at radius 1 is 1.57 bits per heavy atom. The van der Waals surface area contributed by atoms with Crippen LogP contribution in [0.5, 0.6) is 5.75 Å². The van der Waals surface area contributed by atoms with Gasteiger partial charge in [-0.15, -0.1) is 0 Å². The SMILES string of the molecule is CONC1CCOc2cc(Br)ccc21. The monoisotopic (exact) mass is 257 g/mol. The molecular weight excluding hydrogens is 246 g/mol. The fraction of sp³-hybridized carbons (Fsp3) is 0.400. The lowest BCUT2D eigenvalue weighted by molar-refractivity contribution is 0.0463. The summed E-state index contributed by atoms with van der Waals surface area (Å²) in [5.74, 6) is 0.931. The lowest BCUT2D eigenvalue weighted by atomic mass is 10.0. The molecule has 2 rings (SSSR count). The Morgan fingerprint density at radius 2 is 2.43 bits per heavy atom. The summed E-state index contributed by atoms with van der Waals surface area (Å²) in [7, 11) is 1.63. The van der Waals surface area contributed by atoms with Crippen molar-refractivity contribution in [2.24, 2.45) is 0 Å². The van der Waals surface area contributed by atoms with Crippen LogP contribution in [-0.4, -0.2) is 13.7 Å². The van der Waals surface area contributed by atoms with E-state index >= 15 is 0 Å². The molecule has 0 aliphatic carbocycles. The molecule has 1 atom stereocenters. The number of benzene rings is 1. The van der Waals surface area contributed by atoms with Crippen molar-refractivity contribution in [2.75, 3.05) is 13.7 Å². The minimum Gasteiger partial charge on any atom is -0.493 e. The van der Waals surface area contributed by atoms with Gasteiger partial charge < -0.3 is 9.57 Å². The number of halogens is 1. The van der Waals surface area contributed by atoms with Crippen LogP contribution >= 0.6 is 15.9 Å². The van der Waals surface area contributed by atoms with Gasteiger partial charge in [0.15, 0.2) is 0 Å². The molecular formula is C10H12BrNO2. The Hall–Kier alpha value is -0.580. The molecule has 0 bridgehead atoms. The molecule has 1 heterocycles. The van der Waals surface area contributed by atoms with Crippen LogP contribution in [0.3, 0.4) is 0 Å². The van der Waals surface area contributed by atoms with E-state index in [2.05, 4.69) is 27.5 Å². The van der Waals surface area contributed by atoms with Gasteiger partial charge in [-0.25, -0.2) is 0 Å². The summed E-state index contributed by atoms with van der Waals surface area (Å²) in [4.78, 5) is 4.95. The van der Waals surface area contributed by atoms with E-state index in [0.717, 1.165) is 28.8 Å². The van der Waals surface area contributed by atoms with Gasteiger partial charge in [0.25, 0.3) is 0 Å². The molecule has 0 radical (unpaired) electrons. The molecule has 1 aromatic rings. The first kappa shape index (κ1) is 9.96. The number of hydroxylamine groups is 1. The highest BCUT2D eigenvalue weighted by Gasteiger charge is 2.20. The third-order valence-electron chi connectivity index (χ3n) is 2.28. The zero-order valence-corrected chi connectivity index (χ0v) is 9.50. The van der Waals surface area contributed by atoms with E-state index in [0.29, 0.717) is 0 Å². The molecule has 1 aliphatic heterocycles. The summed E-state index contributed by atoms with van der Waals surface area (Å²) in [6.45, 7) is 0.727. The van der Waals surface area contributed by atoms with E-state index in [-0.39, 0.29) is 6.04 Å². The largest absolute Gasteiger partial charge is 0.493 e. The molecule has 1 unspecified atom stereocenters. The first-order valence-electron chi connectivity index (χ1n) is 4.52. The number of rotatable bonds is 2. The van der Waals surface area contributed by atoms with Crippen molar-refractivity contribution in [3.8, 4) is 5.75 Å². The Bertz CT molecular complexity index is 330. The maximum Gasteiger partial charge on any atom is 0.125 e. The Morgan fingerprint density at radius 3 is 3.21 bits per heavy atom. The molecule has 4 heteroatoms. The van der Waals surface area contributed by atoms with Crippen LogP contribution in [0.2, 0.25) is 0 Å². The van der Waals surface area contributed by atoms with E-state index in [4.69, 9.17) is 9.57 Å². The van der Waals surface area contributed by atoms with Crippen molar-refractivity contribution in [3.63, 3.8) is 0 Å². The van der Waals surface area contributed by atoms with Gasteiger partial charge in [-0.3, -0.25) is 0 Å². The molecule has 0 amide bonds. The van der Waals surface area contributed by atoms with Crippen molar-refractivity contribution < 1.29 is 9.57 Å². The van der Waals surface area contributed by atoms with Crippen molar-refractivity contribution >= 4 is 15.9 Å². The van der Waals surface area contributed by atoms with Gasteiger partial charge in [-0.2, -0.15) is 5.48 Å². The first-order valence-corrected chi connectivity index (χ1v) is 5.31. The summed E-state index contributed by atoms with van der Waals surface area (Å²) in [6.07, 6.45) is 0.933. The average Bonchev–Trinajstić information content (AvgIpc) is 2.18. The van der Waals surface area contributed by atoms with Crippen molar-refractivity contribution in [3.05, 3.63) is 28.2 Å². The Balaban J connectivity index is 2.30. The summed E-state index contributed by atoms with van der Waals surface area (Å²) in [5, 5.41) is 0. The number of hydrogen-bond acceptors (Lipinski definition) is 3. The average molecular weight is 258 g/mol. The molecule has 76 valence electrons. The minimum atomic E-state index is 0.233. The predicted molar refractivity (Wildman–Crippen MR) is 57.1 cm³/mol. The molecule has 1 aromatic carbocycles. The quantitative estimate of drug-likeness (QED) is 0.826. The lowest BCUT2D eigenvalue weighted by Gasteiger charge is -2.25. The van der Waals surface area contributed by atoms with Crippen LogP contribution in [0.4, 0.5) is 0 Å². The molecule has 0 saturated carbocycles. The fourth-order valence-corrected chi connectivity index (χ4v) is 1.97. The van der Waals surface area contributed by atoms with Crippen LogP contribution in [-0.2, 0) is 4.84 Å². The Labute approximate surface area is 91.5 Å². The summed E-state index contributed by atoms with van der Waals surface area (Å²) >= 11 is 3.42. The van der Waals surface area contributed by atoms with Gasteiger partial charge in [0, 0.05) is 16.5 Å². The molecule has 3 nitrogen and oxygen atoms in total. The molecule has 0 saturated heterocycles. The molecule has 1 N–H and O–H groups in total. The van der Waals surface area contributed by atoms with Crippen LogP contribution < -0.4 is 10.2 Å². The van der Waals surface area contributed by atoms with Gasteiger partial charge in [-0.05, 0) is 12.1 Å². The van der Waals surface area contributed by atoms with Crippen LogP contribution in [0, 0.1) is 0 Å². The molecule has 1 aliphatic rings. The first-order chi connectivity index (χ1) is 6.81. The smallest absolute Gasteiger partial charge is 0.125 e. The maximum atomic E-state index is 5.56. The van der Waals surface area contributed by atoms with E-state index in [9.17, 15) is 0 Å². The van der Waals surface area contributed by atoms with E-state index in [1.165, 1.54) is 0 Å². The van der Waals surface area contributed by atoms with Gasteiger partial charge in [0.05, 0.1) is 19.8 Å². The highest BCUT2D eigenvalue weighted by molar-refractivity contribution is 9.10. The van der Waals surface area contributed by atoms with Crippen molar-refractivity contribution in [1.82, 2.24) is 5.48 Å². The lowest BCUT2D eigenvalue weighted by Crippen LogP contribution is -2.26. The number of hydrogen-bond donors (Lipinski definition) is 1. The highest BCUT2D eigenvalue weighted by Crippen LogP contribution is 2.33. The minimum absolute atomic E-state index is 0.233. The summed E-state index contributed by atoms with van der Waals surface area (Å²) < 4.78 is 6.59. The predicted octanol–water partition coefficient (Wildman–Crippen LogP) is 2.42. The zero-order valence-electron chi connectivity index (χ0n) is 7.92. The Kier molecular flexibility index (Phi) is 3.05. The number of nitrogens with one attached hydrogen (secondary N) is 1. The number of fused-ring (bicyclic) bond motifs is 1. The second-order valence-electron chi connectivity index (χ2n) is 3.19. The van der Waals surface area contributed by atoms with Gasteiger partial charge >= 0.3 is 0 Å². The maximum absolute atomic E-state index is 5.56. The van der Waals surface area contributed by atoms with Gasteiger partial charge in [0.1, 0.15) is 5.75 Å². The van der Waals surface area contributed by atoms with Crippen LogP contribution in [0.25, 0.3) is 0 Å². The zero-order chi connectivity index (χ0) is 9.97. The third kappa shape index (κ3) is 1.92. The normalized spacial score (nSPS) is 20.0. The van der Waals surface area contributed by atoms with Crippen LogP contribution in [0.15, 0.2) is 22.7 Å². The van der Waals surface area contributed by atoms with Crippen molar-refractivity contribution in [2.45, 2.75) is 12.5 Å². The van der Waals surface area contributed by atoms with E-state index in [1.54, 1.807) is 7.11 Å².